The first-order valence-electron chi connectivity index (χ1n) is 9.25. The van der Waals surface area contributed by atoms with Crippen molar-refractivity contribution >= 4 is 11.6 Å². The van der Waals surface area contributed by atoms with Crippen LogP contribution >= 0.6 is 0 Å². The van der Waals surface area contributed by atoms with Gasteiger partial charge in [0.2, 0.25) is 5.91 Å². The monoisotopic (exact) mass is 352 g/mol. The molecule has 2 fully saturated rings. The Morgan fingerprint density at radius 3 is 2.96 bits per heavy atom. The number of ether oxygens (including phenoxy) is 1. The smallest absolute Gasteiger partial charge is 0.321 e. The number of hydrogen-bond acceptors (Lipinski definition) is 5. The molecule has 2 heterocycles. The van der Waals surface area contributed by atoms with Crippen molar-refractivity contribution in [1.82, 2.24) is 15.3 Å². The third-order valence-corrected chi connectivity index (χ3v) is 5.69. The second kappa shape index (κ2) is 7.03. The predicted molar refractivity (Wildman–Crippen MR) is 99.2 cm³/mol. The number of fused-ring (bicyclic) bond motifs is 1. The zero-order valence-electron chi connectivity index (χ0n) is 15.0. The number of carbonyl (C=O) groups is 1. The van der Waals surface area contributed by atoms with E-state index in [-0.39, 0.29) is 11.3 Å². The van der Waals surface area contributed by atoms with Crippen LogP contribution in [0, 0.1) is 18.3 Å². The zero-order valence-corrected chi connectivity index (χ0v) is 15.0. The van der Waals surface area contributed by atoms with Crippen LogP contribution in [0.3, 0.4) is 0 Å². The quantitative estimate of drug-likeness (QED) is 0.883. The van der Waals surface area contributed by atoms with Gasteiger partial charge in [-0.3, -0.25) is 4.79 Å². The van der Waals surface area contributed by atoms with Crippen molar-refractivity contribution in [2.75, 3.05) is 18.4 Å². The van der Waals surface area contributed by atoms with Crippen LogP contribution in [-0.4, -0.2) is 29.0 Å². The minimum Gasteiger partial charge on any atom is -0.424 e. The average molecular weight is 352 g/mol. The molecule has 6 heteroatoms. The molecule has 1 saturated heterocycles. The minimum absolute atomic E-state index is 0.148. The molecule has 4 rings (SSSR count). The number of aryl methyl sites for hydroxylation is 1. The summed E-state index contributed by atoms with van der Waals surface area (Å²) in [5.74, 6) is 1.26. The van der Waals surface area contributed by atoms with Crippen molar-refractivity contribution in [3.8, 4) is 11.8 Å². The van der Waals surface area contributed by atoms with Crippen molar-refractivity contribution < 1.29 is 9.53 Å². The Kier molecular flexibility index (Phi) is 4.59. The molecular weight excluding hydrogens is 328 g/mol. The lowest BCUT2D eigenvalue weighted by Crippen LogP contribution is -2.44. The number of amides is 1. The van der Waals surface area contributed by atoms with Gasteiger partial charge in [0.05, 0.1) is 5.41 Å². The van der Waals surface area contributed by atoms with Gasteiger partial charge in [-0.05, 0) is 62.1 Å². The summed E-state index contributed by atoms with van der Waals surface area (Å²) in [6.07, 6.45) is 7.76. The molecule has 1 saturated carbocycles. The van der Waals surface area contributed by atoms with E-state index < -0.39 is 0 Å². The van der Waals surface area contributed by atoms with E-state index in [1.807, 2.05) is 25.1 Å². The van der Waals surface area contributed by atoms with Crippen LogP contribution in [0.2, 0.25) is 0 Å². The lowest BCUT2D eigenvalue weighted by atomic mass is 9.67. The molecule has 1 amide bonds. The fraction of sp³-hybridized carbons (Fsp3) is 0.450. The van der Waals surface area contributed by atoms with E-state index in [2.05, 4.69) is 20.6 Å². The summed E-state index contributed by atoms with van der Waals surface area (Å²) in [6, 6.07) is 7.68. The van der Waals surface area contributed by atoms with Gasteiger partial charge in [-0.2, -0.15) is 0 Å². The molecule has 0 radical (unpaired) electrons. The number of nitrogens with one attached hydrogen (secondary N) is 2. The largest absolute Gasteiger partial charge is 0.424 e. The summed E-state index contributed by atoms with van der Waals surface area (Å²) in [6.45, 7) is 3.71. The van der Waals surface area contributed by atoms with Gasteiger partial charge in [0.1, 0.15) is 5.75 Å². The molecule has 26 heavy (non-hydrogen) atoms. The first kappa shape index (κ1) is 17.0. The summed E-state index contributed by atoms with van der Waals surface area (Å²) < 4.78 is 5.66. The van der Waals surface area contributed by atoms with Crippen LogP contribution in [0.1, 0.15) is 31.2 Å². The number of carbonyl (C=O) groups excluding carboxylic acids is 1. The number of anilines is 1. The lowest BCUT2D eigenvalue weighted by Gasteiger charge is -2.37. The average Bonchev–Trinajstić information content (AvgIpc) is 3.10. The van der Waals surface area contributed by atoms with E-state index >= 15 is 0 Å². The van der Waals surface area contributed by atoms with Gasteiger partial charge in [-0.15, -0.1) is 0 Å². The summed E-state index contributed by atoms with van der Waals surface area (Å²) in [7, 11) is 0. The standard InChI is InChI=1S/C20H24N4O2/c1-14-11-16(26-19-22-9-4-10-23-19)6-7-17(14)24-18(25)20-8-3-2-5-15(20)12-21-13-20/h4,6-7,9-11,15,21H,2-3,5,8,12-13H2,1H3,(H,24,25)/t15-,20+/m0/s1. The third kappa shape index (κ3) is 3.17. The zero-order chi connectivity index (χ0) is 18.0. The van der Waals surface area contributed by atoms with Crippen LogP contribution in [-0.2, 0) is 4.79 Å². The van der Waals surface area contributed by atoms with E-state index in [9.17, 15) is 4.79 Å². The molecule has 1 aliphatic heterocycles. The summed E-state index contributed by atoms with van der Waals surface area (Å²) in [4.78, 5) is 21.2. The van der Waals surface area contributed by atoms with Crippen molar-refractivity contribution in [3.05, 3.63) is 42.2 Å². The van der Waals surface area contributed by atoms with Crippen molar-refractivity contribution in [3.63, 3.8) is 0 Å². The van der Waals surface area contributed by atoms with Gasteiger partial charge in [0.25, 0.3) is 0 Å². The third-order valence-electron chi connectivity index (χ3n) is 5.69. The molecule has 0 bridgehead atoms. The molecular formula is C20H24N4O2. The van der Waals surface area contributed by atoms with Crippen LogP contribution in [0.25, 0.3) is 0 Å². The van der Waals surface area contributed by atoms with Crippen molar-refractivity contribution in [1.29, 1.82) is 0 Å². The normalized spacial score (nSPS) is 24.7. The topological polar surface area (TPSA) is 76.1 Å². The van der Waals surface area contributed by atoms with Crippen LogP contribution < -0.4 is 15.4 Å². The Morgan fingerprint density at radius 2 is 2.15 bits per heavy atom. The number of aromatic nitrogens is 2. The van der Waals surface area contributed by atoms with Gasteiger partial charge >= 0.3 is 6.01 Å². The molecule has 1 aromatic heterocycles. The predicted octanol–water partition coefficient (Wildman–Crippen LogP) is 3.30. The number of benzene rings is 1. The van der Waals surface area contributed by atoms with Gasteiger partial charge in [0.15, 0.2) is 0 Å². The molecule has 1 aliphatic carbocycles. The summed E-state index contributed by atoms with van der Waals surface area (Å²) >= 11 is 0. The van der Waals surface area contributed by atoms with Crippen molar-refractivity contribution in [2.45, 2.75) is 32.6 Å². The summed E-state index contributed by atoms with van der Waals surface area (Å²) in [5, 5.41) is 6.60. The van der Waals surface area contributed by atoms with E-state index in [1.54, 1.807) is 18.5 Å². The molecule has 6 nitrogen and oxygen atoms in total. The first-order chi connectivity index (χ1) is 12.7. The molecule has 2 aliphatic rings. The number of rotatable bonds is 4. The van der Waals surface area contributed by atoms with Gasteiger partial charge < -0.3 is 15.4 Å². The maximum Gasteiger partial charge on any atom is 0.321 e. The van der Waals surface area contributed by atoms with E-state index in [4.69, 9.17) is 4.74 Å². The molecule has 2 aromatic rings. The fourth-order valence-corrected chi connectivity index (χ4v) is 4.22. The minimum atomic E-state index is -0.252. The second-order valence-corrected chi connectivity index (χ2v) is 7.29. The molecule has 2 atom stereocenters. The fourth-order valence-electron chi connectivity index (χ4n) is 4.22. The van der Waals surface area contributed by atoms with Crippen LogP contribution in [0.4, 0.5) is 5.69 Å². The highest BCUT2D eigenvalue weighted by molar-refractivity contribution is 5.96. The Balaban J connectivity index is 1.49. The second-order valence-electron chi connectivity index (χ2n) is 7.29. The van der Waals surface area contributed by atoms with E-state index in [0.717, 1.165) is 43.6 Å². The Morgan fingerprint density at radius 1 is 1.31 bits per heavy atom. The highest BCUT2D eigenvalue weighted by Crippen LogP contribution is 2.44. The number of hydrogen-bond donors (Lipinski definition) is 2. The number of nitrogens with zero attached hydrogens (tertiary/aromatic N) is 2. The molecule has 1 aromatic carbocycles. The lowest BCUT2D eigenvalue weighted by molar-refractivity contribution is -0.128. The van der Waals surface area contributed by atoms with Gasteiger partial charge in [0, 0.05) is 24.6 Å². The SMILES string of the molecule is Cc1cc(Oc2ncccn2)ccc1NC(=O)[C@@]12CCCC[C@H]1CNC2. The molecule has 2 N–H and O–H groups in total. The summed E-state index contributed by atoms with van der Waals surface area (Å²) in [5.41, 5.74) is 1.54. The molecule has 0 unspecified atom stereocenters. The van der Waals surface area contributed by atoms with E-state index in [1.165, 1.54) is 6.42 Å². The molecule has 0 spiro atoms. The highest BCUT2D eigenvalue weighted by Gasteiger charge is 2.49. The van der Waals surface area contributed by atoms with Gasteiger partial charge in [-0.1, -0.05) is 12.8 Å². The first-order valence-corrected chi connectivity index (χ1v) is 9.25. The van der Waals surface area contributed by atoms with Crippen LogP contribution in [0.5, 0.6) is 11.8 Å². The van der Waals surface area contributed by atoms with E-state index in [0.29, 0.717) is 17.7 Å². The van der Waals surface area contributed by atoms with Gasteiger partial charge in [-0.25, -0.2) is 9.97 Å². The maximum absolute atomic E-state index is 13.1. The van der Waals surface area contributed by atoms with Crippen molar-refractivity contribution in [2.24, 2.45) is 11.3 Å². The van der Waals surface area contributed by atoms with Crippen LogP contribution in [0.15, 0.2) is 36.7 Å². The maximum atomic E-state index is 13.1. The Bertz CT molecular complexity index is 796. The Hall–Kier alpha value is -2.47. The highest BCUT2D eigenvalue weighted by atomic mass is 16.5. The Labute approximate surface area is 153 Å². The molecule has 136 valence electrons.